The number of hydrogen-bond acceptors (Lipinski definition) is 3. The largest absolute Gasteiger partial charge is 0.314 e. The van der Waals surface area contributed by atoms with Gasteiger partial charge in [-0.3, -0.25) is 9.88 Å². The maximum Gasteiger partial charge on any atom is 0.0576 e. The smallest absolute Gasteiger partial charge is 0.0576 e. The molecule has 0 spiro atoms. The predicted octanol–water partition coefficient (Wildman–Crippen LogP) is 2.59. The van der Waals surface area contributed by atoms with Gasteiger partial charge in [0.05, 0.1) is 11.7 Å². The summed E-state index contributed by atoms with van der Waals surface area (Å²) in [6.07, 6.45) is 6.05. The number of rotatable bonds is 4. The molecule has 18 heavy (non-hydrogen) atoms. The highest BCUT2D eigenvalue weighted by atomic mass is 79.9. The van der Waals surface area contributed by atoms with Gasteiger partial charge in [0.2, 0.25) is 0 Å². The lowest BCUT2D eigenvalue weighted by atomic mass is 10.0. The van der Waals surface area contributed by atoms with Crippen molar-refractivity contribution >= 4 is 15.9 Å². The summed E-state index contributed by atoms with van der Waals surface area (Å²) in [5.74, 6) is 0.940. The Morgan fingerprint density at radius 3 is 2.72 bits per heavy atom. The van der Waals surface area contributed by atoms with Crippen molar-refractivity contribution in [3.8, 4) is 0 Å². The van der Waals surface area contributed by atoms with Gasteiger partial charge >= 0.3 is 0 Å². The second-order valence-electron chi connectivity index (χ2n) is 5.38. The third kappa shape index (κ3) is 3.11. The Bertz CT molecular complexity index is 383. The van der Waals surface area contributed by atoms with Crippen molar-refractivity contribution in [1.29, 1.82) is 0 Å². The lowest BCUT2D eigenvalue weighted by Gasteiger charge is -2.34. The zero-order chi connectivity index (χ0) is 12.4. The summed E-state index contributed by atoms with van der Waals surface area (Å²) in [6.45, 7) is 4.51. The predicted molar refractivity (Wildman–Crippen MR) is 76.5 cm³/mol. The van der Waals surface area contributed by atoms with Crippen molar-refractivity contribution in [3.63, 3.8) is 0 Å². The van der Waals surface area contributed by atoms with E-state index in [9.17, 15) is 0 Å². The Kier molecular flexibility index (Phi) is 3.97. The first kappa shape index (κ1) is 12.6. The third-order valence-corrected chi connectivity index (χ3v) is 4.41. The van der Waals surface area contributed by atoms with E-state index in [1.807, 2.05) is 6.20 Å². The minimum absolute atomic E-state index is 0.521. The molecular weight excluding hydrogens is 290 g/mol. The Morgan fingerprint density at radius 2 is 2.11 bits per heavy atom. The standard InChI is InChI=1S/C14H20BrN3/c15-12-3-4-13(17-10-12)14(9-11-1-2-11)18-7-5-16-6-8-18/h3-4,10-11,14,16H,1-2,5-9H2/t14-/m1/s1. The second-order valence-corrected chi connectivity index (χ2v) is 6.30. The molecule has 0 aromatic carbocycles. The Morgan fingerprint density at radius 1 is 1.33 bits per heavy atom. The quantitative estimate of drug-likeness (QED) is 0.926. The monoisotopic (exact) mass is 309 g/mol. The van der Waals surface area contributed by atoms with Crippen LogP contribution in [0.25, 0.3) is 0 Å². The molecular formula is C14H20BrN3. The van der Waals surface area contributed by atoms with Crippen LogP contribution in [-0.4, -0.2) is 36.1 Å². The first-order chi connectivity index (χ1) is 8.83. The van der Waals surface area contributed by atoms with Gasteiger partial charge in [0.1, 0.15) is 0 Å². The van der Waals surface area contributed by atoms with Gasteiger partial charge < -0.3 is 5.32 Å². The van der Waals surface area contributed by atoms with E-state index in [1.54, 1.807) is 0 Å². The summed E-state index contributed by atoms with van der Waals surface area (Å²) in [7, 11) is 0. The molecule has 3 rings (SSSR count). The van der Waals surface area contributed by atoms with E-state index >= 15 is 0 Å². The summed E-state index contributed by atoms with van der Waals surface area (Å²) in [6, 6.07) is 4.82. The van der Waals surface area contributed by atoms with Gasteiger partial charge in [-0.25, -0.2) is 0 Å². The minimum Gasteiger partial charge on any atom is -0.314 e. The summed E-state index contributed by atoms with van der Waals surface area (Å²) in [4.78, 5) is 7.23. The fourth-order valence-electron chi connectivity index (χ4n) is 2.70. The number of nitrogens with one attached hydrogen (secondary N) is 1. The molecule has 4 heteroatoms. The van der Waals surface area contributed by atoms with Gasteiger partial charge in [0.25, 0.3) is 0 Å². The number of halogens is 1. The van der Waals surface area contributed by atoms with Crippen LogP contribution < -0.4 is 5.32 Å². The van der Waals surface area contributed by atoms with Crippen molar-refractivity contribution < 1.29 is 0 Å². The molecule has 2 heterocycles. The molecule has 1 N–H and O–H groups in total. The number of hydrogen-bond donors (Lipinski definition) is 1. The van der Waals surface area contributed by atoms with Crippen LogP contribution in [0.1, 0.15) is 31.0 Å². The van der Waals surface area contributed by atoms with Crippen molar-refractivity contribution in [3.05, 3.63) is 28.5 Å². The molecule has 2 aliphatic rings. The van der Waals surface area contributed by atoms with Crippen LogP contribution in [0.3, 0.4) is 0 Å². The van der Waals surface area contributed by atoms with E-state index in [1.165, 1.54) is 25.0 Å². The van der Waals surface area contributed by atoms with Gasteiger partial charge in [0.15, 0.2) is 0 Å². The van der Waals surface area contributed by atoms with E-state index in [0.29, 0.717) is 6.04 Å². The van der Waals surface area contributed by atoms with Gasteiger partial charge in [-0.15, -0.1) is 0 Å². The molecule has 1 aliphatic heterocycles. The second kappa shape index (κ2) is 5.68. The number of piperazine rings is 1. The zero-order valence-electron chi connectivity index (χ0n) is 10.6. The first-order valence-corrected chi connectivity index (χ1v) is 7.68. The van der Waals surface area contributed by atoms with Gasteiger partial charge in [-0.05, 0) is 40.4 Å². The van der Waals surface area contributed by atoms with Crippen molar-refractivity contribution in [2.24, 2.45) is 5.92 Å². The molecule has 1 saturated carbocycles. The Hall–Kier alpha value is -0.450. The van der Waals surface area contributed by atoms with Gasteiger partial charge in [-0.2, -0.15) is 0 Å². The molecule has 1 atom stereocenters. The summed E-state index contributed by atoms with van der Waals surface area (Å²) < 4.78 is 1.07. The molecule has 98 valence electrons. The number of nitrogens with zero attached hydrogens (tertiary/aromatic N) is 2. The van der Waals surface area contributed by atoms with Crippen LogP contribution in [0.15, 0.2) is 22.8 Å². The number of pyridine rings is 1. The molecule has 1 aliphatic carbocycles. The van der Waals surface area contributed by atoms with Crippen LogP contribution in [0.4, 0.5) is 0 Å². The SMILES string of the molecule is Brc1ccc([C@@H](CC2CC2)N2CCNCC2)nc1. The molecule has 0 radical (unpaired) electrons. The zero-order valence-corrected chi connectivity index (χ0v) is 12.2. The molecule has 0 bridgehead atoms. The highest BCUT2D eigenvalue weighted by Crippen LogP contribution is 2.39. The van der Waals surface area contributed by atoms with Crippen LogP contribution in [-0.2, 0) is 0 Å². The Balaban J connectivity index is 1.76. The maximum atomic E-state index is 4.63. The van der Waals surface area contributed by atoms with Crippen molar-refractivity contribution in [1.82, 2.24) is 15.2 Å². The highest BCUT2D eigenvalue weighted by Gasteiger charge is 2.30. The molecule has 1 saturated heterocycles. The molecule has 2 fully saturated rings. The lowest BCUT2D eigenvalue weighted by Crippen LogP contribution is -2.45. The summed E-state index contributed by atoms with van der Waals surface area (Å²) in [5, 5.41) is 3.43. The highest BCUT2D eigenvalue weighted by molar-refractivity contribution is 9.10. The first-order valence-electron chi connectivity index (χ1n) is 6.89. The van der Waals surface area contributed by atoms with Crippen LogP contribution in [0.2, 0.25) is 0 Å². The van der Waals surface area contributed by atoms with E-state index in [-0.39, 0.29) is 0 Å². The van der Waals surface area contributed by atoms with Crippen LogP contribution in [0.5, 0.6) is 0 Å². The molecule has 1 aromatic rings. The minimum atomic E-state index is 0.521. The maximum absolute atomic E-state index is 4.63. The topological polar surface area (TPSA) is 28.2 Å². The normalized spacial score (nSPS) is 22.9. The average Bonchev–Trinajstić information content (AvgIpc) is 3.22. The van der Waals surface area contributed by atoms with E-state index < -0.39 is 0 Å². The number of aromatic nitrogens is 1. The van der Waals surface area contributed by atoms with E-state index in [4.69, 9.17) is 0 Å². The van der Waals surface area contributed by atoms with Crippen molar-refractivity contribution in [2.45, 2.75) is 25.3 Å². The van der Waals surface area contributed by atoms with Crippen LogP contribution in [0, 0.1) is 5.92 Å². The molecule has 1 aromatic heterocycles. The molecule has 0 unspecified atom stereocenters. The average molecular weight is 310 g/mol. The molecule has 3 nitrogen and oxygen atoms in total. The lowest BCUT2D eigenvalue weighted by molar-refractivity contribution is 0.157. The van der Waals surface area contributed by atoms with E-state index in [0.717, 1.165) is 36.6 Å². The summed E-state index contributed by atoms with van der Waals surface area (Å²) >= 11 is 3.47. The molecule has 0 amide bonds. The van der Waals surface area contributed by atoms with Crippen LogP contribution >= 0.6 is 15.9 Å². The van der Waals surface area contributed by atoms with Gasteiger partial charge in [-0.1, -0.05) is 12.8 Å². The fourth-order valence-corrected chi connectivity index (χ4v) is 2.94. The third-order valence-electron chi connectivity index (χ3n) is 3.94. The fraction of sp³-hybridized carbons (Fsp3) is 0.643. The summed E-state index contributed by atoms with van der Waals surface area (Å²) in [5.41, 5.74) is 1.24. The van der Waals surface area contributed by atoms with Gasteiger partial charge in [0, 0.05) is 36.8 Å². The van der Waals surface area contributed by atoms with Crippen molar-refractivity contribution in [2.75, 3.05) is 26.2 Å². The Labute approximate surface area is 117 Å². The van der Waals surface area contributed by atoms with E-state index in [2.05, 4.69) is 43.3 Å².